The first kappa shape index (κ1) is 25.6. The molecule has 0 aliphatic carbocycles. The van der Waals surface area contributed by atoms with Gasteiger partial charge in [0.1, 0.15) is 16.5 Å². The fourth-order valence-electron chi connectivity index (χ4n) is 4.69. The second-order valence-electron chi connectivity index (χ2n) is 10.1. The number of pyridine rings is 2. The lowest BCUT2D eigenvalue weighted by Gasteiger charge is -2.36. The van der Waals surface area contributed by atoms with Crippen LogP contribution < -0.4 is 15.4 Å². The molecule has 190 valence electrons. The van der Waals surface area contributed by atoms with Crippen molar-refractivity contribution in [2.45, 2.75) is 57.4 Å². The third-order valence-corrected chi connectivity index (χ3v) is 8.62. The monoisotopic (exact) mass is 507 g/mol. The van der Waals surface area contributed by atoms with E-state index in [9.17, 15) is 13.2 Å². The lowest BCUT2D eigenvalue weighted by molar-refractivity contribution is 0.0981. The Morgan fingerprint density at radius 3 is 2.50 bits per heavy atom. The van der Waals surface area contributed by atoms with E-state index >= 15 is 0 Å². The minimum Gasteiger partial charge on any atom is -0.383 e. The van der Waals surface area contributed by atoms with Gasteiger partial charge in [0.2, 0.25) is 0 Å². The van der Waals surface area contributed by atoms with Crippen LogP contribution in [0.3, 0.4) is 0 Å². The van der Waals surface area contributed by atoms with E-state index in [0.717, 1.165) is 23.2 Å². The first-order chi connectivity index (χ1) is 16.9. The number of nitrogen functional groups attached to an aromatic ring is 1. The van der Waals surface area contributed by atoms with Crippen molar-refractivity contribution in [1.82, 2.24) is 14.7 Å². The number of hydrogen-bond acceptors (Lipinski definition) is 7. The van der Waals surface area contributed by atoms with E-state index in [4.69, 9.17) is 10.7 Å². The number of nitrogens with two attached hydrogens (primary N) is 1. The summed E-state index contributed by atoms with van der Waals surface area (Å²) >= 11 is 0. The molecular weight excluding hydrogens is 474 g/mol. The third kappa shape index (κ3) is 4.67. The third-order valence-electron chi connectivity index (χ3n) is 7.24. The molecule has 1 saturated heterocycles. The predicted octanol–water partition coefficient (Wildman–Crippen LogP) is 4.59. The lowest BCUT2D eigenvalue weighted by atomic mass is 9.90. The maximum Gasteiger partial charge on any atom is 0.268 e. The Bertz CT molecular complexity index is 1400. The Morgan fingerprint density at radius 1 is 1.14 bits per heavy atom. The zero-order chi connectivity index (χ0) is 26.3. The van der Waals surface area contributed by atoms with Crippen molar-refractivity contribution in [3.63, 3.8) is 0 Å². The molecule has 1 aliphatic heterocycles. The van der Waals surface area contributed by atoms with Gasteiger partial charge in [-0.25, -0.2) is 23.1 Å². The van der Waals surface area contributed by atoms with Crippen LogP contribution in [0.25, 0.3) is 11.3 Å². The molecule has 1 amide bonds. The molecule has 1 aromatic carbocycles. The van der Waals surface area contributed by atoms with E-state index in [1.807, 2.05) is 18.2 Å². The molecular formula is C27H33N5O3S. The zero-order valence-corrected chi connectivity index (χ0v) is 22.1. The Labute approximate surface area is 213 Å². The van der Waals surface area contributed by atoms with Gasteiger partial charge in [0.25, 0.3) is 15.9 Å². The Morgan fingerprint density at radius 2 is 1.86 bits per heavy atom. The van der Waals surface area contributed by atoms with Crippen LogP contribution in [0, 0.1) is 5.92 Å². The van der Waals surface area contributed by atoms with Crippen LogP contribution >= 0.6 is 0 Å². The van der Waals surface area contributed by atoms with Crippen molar-refractivity contribution < 1.29 is 13.2 Å². The van der Waals surface area contributed by atoms with Crippen molar-refractivity contribution in [3.8, 4) is 11.3 Å². The van der Waals surface area contributed by atoms with Crippen LogP contribution in [0.4, 0.5) is 11.6 Å². The summed E-state index contributed by atoms with van der Waals surface area (Å²) in [6.45, 7) is 11.4. The number of benzene rings is 1. The zero-order valence-electron chi connectivity index (χ0n) is 21.3. The molecule has 1 atom stereocenters. The van der Waals surface area contributed by atoms with Crippen LogP contribution in [-0.2, 0) is 10.0 Å². The van der Waals surface area contributed by atoms with Gasteiger partial charge in [0.05, 0.1) is 11.3 Å². The Kier molecular flexibility index (Phi) is 6.79. The van der Waals surface area contributed by atoms with Crippen molar-refractivity contribution in [2.24, 2.45) is 5.92 Å². The van der Waals surface area contributed by atoms with Crippen molar-refractivity contribution in [2.75, 3.05) is 17.2 Å². The topological polar surface area (TPSA) is 118 Å². The van der Waals surface area contributed by atoms with Gasteiger partial charge in [-0.2, -0.15) is 0 Å². The van der Waals surface area contributed by atoms with E-state index < -0.39 is 15.9 Å². The molecule has 3 N–H and O–H groups in total. The van der Waals surface area contributed by atoms with Crippen LogP contribution in [0.2, 0.25) is 0 Å². The minimum absolute atomic E-state index is 0.175. The van der Waals surface area contributed by atoms with Crippen LogP contribution in [0.5, 0.6) is 0 Å². The summed E-state index contributed by atoms with van der Waals surface area (Å²) in [5.74, 6) is 0.173. The number of sulfonamides is 1. The molecule has 1 aliphatic rings. The first-order valence-electron chi connectivity index (χ1n) is 12.1. The Balaban J connectivity index is 1.82. The molecule has 36 heavy (non-hydrogen) atoms. The largest absolute Gasteiger partial charge is 0.383 e. The molecule has 9 heteroatoms. The van der Waals surface area contributed by atoms with Gasteiger partial charge in [-0.15, -0.1) is 0 Å². The van der Waals surface area contributed by atoms with E-state index in [1.54, 1.807) is 12.1 Å². The van der Waals surface area contributed by atoms with Gasteiger partial charge in [0, 0.05) is 23.8 Å². The summed E-state index contributed by atoms with van der Waals surface area (Å²) < 4.78 is 28.1. The number of rotatable bonds is 6. The summed E-state index contributed by atoms with van der Waals surface area (Å²) in [6, 6.07) is 14.3. The minimum atomic E-state index is -4.23. The highest BCUT2D eigenvalue weighted by Gasteiger charge is 2.41. The van der Waals surface area contributed by atoms with Gasteiger partial charge in [-0.3, -0.25) is 4.79 Å². The predicted molar refractivity (Wildman–Crippen MR) is 142 cm³/mol. The van der Waals surface area contributed by atoms with Gasteiger partial charge in [-0.1, -0.05) is 45.0 Å². The fourth-order valence-corrected chi connectivity index (χ4v) is 5.74. The highest BCUT2D eigenvalue weighted by Crippen LogP contribution is 2.40. The van der Waals surface area contributed by atoms with Gasteiger partial charge in [-0.05, 0) is 61.9 Å². The van der Waals surface area contributed by atoms with Crippen LogP contribution in [0.15, 0.2) is 59.6 Å². The molecule has 2 aromatic heterocycles. The fraction of sp³-hybridized carbons (Fsp3) is 0.370. The SMILES string of the molecule is CC(C)c1ccccc1-c1ccc(C(=O)NS(=O)(=O)c2cccnc2N)c(N2CCC(C)C2(C)C)n1. The van der Waals surface area contributed by atoms with Crippen LogP contribution in [0.1, 0.15) is 62.9 Å². The summed E-state index contributed by atoms with van der Waals surface area (Å²) in [7, 11) is -4.23. The summed E-state index contributed by atoms with van der Waals surface area (Å²) in [4.78, 5) is 24.1. The number of carbonyl (C=O) groups excluding carboxylic acids is 1. The molecule has 1 unspecified atom stereocenters. The van der Waals surface area contributed by atoms with Gasteiger partial charge >= 0.3 is 0 Å². The van der Waals surface area contributed by atoms with E-state index in [-0.39, 0.29) is 27.7 Å². The average molecular weight is 508 g/mol. The molecule has 0 saturated carbocycles. The number of nitrogens with one attached hydrogen (secondary N) is 1. The molecule has 3 aromatic rings. The van der Waals surface area contributed by atoms with E-state index in [1.165, 1.54) is 18.3 Å². The number of amides is 1. The van der Waals surface area contributed by atoms with E-state index in [0.29, 0.717) is 18.3 Å². The highest BCUT2D eigenvalue weighted by molar-refractivity contribution is 7.90. The smallest absolute Gasteiger partial charge is 0.268 e. The molecule has 8 nitrogen and oxygen atoms in total. The molecule has 0 bridgehead atoms. The van der Waals surface area contributed by atoms with Crippen molar-refractivity contribution >= 4 is 27.6 Å². The Hall–Kier alpha value is -3.46. The number of anilines is 2. The van der Waals surface area contributed by atoms with Crippen molar-refractivity contribution in [1.29, 1.82) is 0 Å². The second kappa shape index (κ2) is 9.54. The maximum atomic E-state index is 13.4. The number of aromatic nitrogens is 2. The lowest BCUT2D eigenvalue weighted by Crippen LogP contribution is -2.43. The van der Waals surface area contributed by atoms with Crippen LogP contribution in [-0.4, -0.2) is 36.4 Å². The molecule has 3 heterocycles. The maximum absolute atomic E-state index is 13.4. The average Bonchev–Trinajstić information content (AvgIpc) is 3.10. The summed E-state index contributed by atoms with van der Waals surface area (Å²) in [5, 5.41) is 0. The standard InChI is InChI=1S/C27H33N5O3S/c1-17(2)19-9-6-7-10-20(19)22-13-12-21(25(30-22)32-16-14-18(3)27(32,4)5)26(33)31-36(34,35)23-11-8-15-29-24(23)28/h6-13,15,17-18H,14,16H2,1-5H3,(H2,28,29)(H,31,33). The van der Waals surface area contributed by atoms with Crippen molar-refractivity contribution in [3.05, 3.63) is 65.9 Å². The number of carbonyl (C=O) groups is 1. The summed E-state index contributed by atoms with van der Waals surface area (Å²) in [6.07, 6.45) is 2.33. The highest BCUT2D eigenvalue weighted by atomic mass is 32.2. The van der Waals surface area contributed by atoms with Gasteiger partial charge < -0.3 is 10.6 Å². The van der Waals surface area contributed by atoms with E-state index in [2.05, 4.69) is 55.3 Å². The van der Waals surface area contributed by atoms with Gasteiger partial charge in [0.15, 0.2) is 0 Å². The first-order valence-corrected chi connectivity index (χ1v) is 13.6. The number of nitrogens with zero attached hydrogens (tertiary/aromatic N) is 3. The number of hydrogen-bond donors (Lipinski definition) is 2. The molecule has 4 rings (SSSR count). The molecule has 0 radical (unpaired) electrons. The second-order valence-corrected chi connectivity index (χ2v) is 11.8. The summed E-state index contributed by atoms with van der Waals surface area (Å²) in [5.41, 5.74) is 8.55. The normalized spacial score (nSPS) is 17.4. The quantitative estimate of drug-likeness (QED) is 0.501. The molecule has 0 spiro atoms. The molecule has 1 fully saturated rings.